The molecule has 1 atom stereocenters. The van der Waals surface area contributed by atoms with Gasteiger partial charge in [-0.15, -0.1) is 0 Å². The minimum absolute atomic E-state index is 0.209. The molecular weight excluding hydrogens is 248 g/mol. The van der Waals surface area contributed by atoms with Crippen molar-refractivity contribution in [3.63, 3.8) is 0 Å². The summed E-state index contributed by atoms with van der Waals surface area (Å²) in [5.41, 5.74) is 7.83. The van der Waals surface area contributed by atoms with E-state index < -0.39 is 0 Å². The lowest BCUT2D eigenvalue weighted by molar-refractivity contribution is -0.118. The smallest absolute Gasteiger partial charge is 0.217 e. The highest BCUT2D eigenvalue weighted by Crippen LogP contribution is 2.15. The largest absolute Gasteiger partial charge is 0.370 e. The van der Waals surface area contributed by atoms with Crippen molar-refractivity contribution in [1.82, 2.24) is 5.32 Å². The second-order valence-corrected chi connectivity index (χ2v) is 5.94. The van der Waals surface area contributed by atoms with Gasteiger partial charge in [0.2, 0.25) is 5.91 Å². The molecule has 0 bridgehead atoms. The number of benzene rings is 1. The molecule has 1 aromatic rings. The van der Waals surface area contributed by atoms with Gasteiger partial charge in [-0.25, -0.2) is 0 Å². The van der Waals surface area contributed by atoms with E-state index in [1.807, 2.05) is 0 Å². The van der Waals surface area contributed by atoms with Gasteiger partial charge in [0.15, 0.2) is 0 Å². The van der Waals surface area contributed by atoms with Crippen LogP contribution in [-0.4, -0.2) is 12.5 Å². The molecule has 3 heteroatoms. The van der Waals surface area contributed by atoms with Gasteiger partial charge in [0.05, 0.1) is 0 Å². The van der Waals surface area contributed by atoms with E-state index in [-0.39, 0.29) is 5.91 Å². The Morgan fingerprint density at radius 1 is 1.15 bits per heavy atom. The van der Waals surface area contributed by atoms with Crippen LogP contribution >= 0.6 is 0 Å². The summed E-state index contributed by atoms with van der Waals surface area (Å²) in [6.45, 7) is 7.57. The summed E-state index contributed by atoms with van der Waals surface area (Å²) in [6, 6.07) is 9.20. The topological polar surface area (TPSA) is 55.1 Å². The molecule has 0 spiro atoms. The SMILES string of the molecule is CC(C)Cc1ccc(C(C)NCCCCC(N)=O)cc1. The molecule has 0 heterocycles. The van der Waals surface area contributed by atoms with Crippen LogP contribution in [0.5, 0.6) is 0 Å². The van der Waals surface area contributed by atoms with Gasteiger partial charge in [0.25, 0.3) is 0 Å². The van der Waals surface area contributed by atoms with Crippen LogP contribution in [0.15, 0.2) is 24.3 Å². The molecule has 20 heavy (non-hydrogen) atoms. The average molecular weight is 276 g/mol. The minimum atomic E-state index is -0.209. The Bertz CT molecular complexity index is 398. The van der Waals surface area contributed by atoms with Crippen LogP contribution in [0.3, 0.4) is 0 Å². The van der Waals surface area contributed by atoms with Gasteiger partial charge < -0.3 is 11.1 Å². The number of rotatable bonds is 9. The van der Waals surface area contributed by atoms with Gasteiger partial charge in [-0.1, -0.05) is 38.1 Å². The van der Waals surface area contributed by atoms with Crippen LogP contribution < -0.4 is 11.1 Å². The van der Waals surface area contributed by atoms with E-state index in [0.29, 0.717) is 18.4 Å². The zero-order valence-electron chi connectivity index (χ0n) is 13.0. The van der Waals surface area contributed by atoms with Crippen molar-refractivity contribution in [2.24, 2.45) is 11.7 Å². The monoisotopic (exact) mass is 276 g/mol. The Morgan fingerprint density at radius 3 is 2.35 bits per heavy atom. The molecule has 0 radical (unpaired) electrons. The predicted octanol–water partition coefficient (Wildman–Crippen LogP) is 3.19. The highest BCUT2D eigenvalue weighted by molar-refractivity contribution is 5.73. The maximum absolute atomic E-state index is 10.6. The molecule has 0 aliphatic rings. The maximum atomic E-state index is 10.6. The van der Waals surface area contributed by atoms with E-state index >= 15 is 0 Å². The van der Waals surface area contributed by atoms with Crippen molar-refractivity contribution in [1.29, 1.82) is 0 Å². The van der Waals surface area contributed by atoms with Gasteiger partial charge in [0.1, 0.15) is 0 Å². The number of amides is 1. The van der Waals surface area contributed by atoms with Crippen molar-refractivity contribution in [2.75, 3.05) is 6.54 Å². The molecule has 1 rings (SSSR count). The van der Waals surface area contributed by atoms with Crippen molar-refractivity contribution in [2.45, 2.75) is 52.5 Å². The molecule has 0 saturated carbocycles. The lowest BCUT2D eigenvalue weighted by Crippen LogP contribution is -2.20. The fraction of sp³-hybridized carbons (Fsp3) is 0.588. The van der Waals surface area contributed by atoms with Crippen molar-refractivity contribution >= 4 is 5.91 Å². The van der Waals surface area contributed by atoms with Crippen LogP contribution in [0.2, 0.25) is 0 Å². The summed E-state index contributed by atoms with van der Waals surface area (Å²) in [5, 5.41) is 3.48. The zero-order chi connectivity index (χ0) is 15.0. The molecule has 3 nitrogen and oxygen atoms in total. The van der Waals surface area contributed by atoms with Crippen LogP contribution in [0.1, 0.15) is 57.2 Å². The van der Waals surface area contributed by atoms with E-state index in [1.54, 1.807) is 0 Å². The number of carbonyl (C=O) groups excluding carboxylic acids is 1. The number of unbranched alkanes of at least 4 members (excludes halogenated alkanes) is 1. The first kappa shape index (κ1) is 16.7. The Labute approximate surface area is 122 Å². The van der Waals surface area contributed by atoms with Crippen LogP contribution in [0.25, 0.3) is 0 Å². The molecule has 0 saturated heterocycles. The molecule has 112 valence electrons. The molecular formula is C17H28N2O. The van der Waals surface area contributed by atoms with Crippen LogP contribution in [0.4, 0.5) is 0 Å². The summed E-state index contributed by atoms with van der Waals surface area (Å²) in [7, 11) is 0. The third-order valence-corrected chi connectivity index (χ3v) is 3.42. The molecule has 0 fully saturated rings. The number of nitrogens with one attached hydrogen (secondary N) is 1. The van der Waals surface area contributed by atoms with Crippen molar-refractivity contribution in [3.8, 4) is 0 Å². The van der Waals surface area contributed by atoms with E-state index in [4.69, 9.17) is 5.73 Å². The first-order valence-electron chi connectivity index (χ1n) is 7.59. The second-order valence-electron chi connectivity index (χ2n) is 5.94. The summed E-state index contributed by atoms with van der Waals surface area (Å²) in [4.78, 5) is 10.6. The lowest BCUT2D eigenvalue weighted by Gasteiger charge is -2.15. The standard InChI is InChI=1S/C17H28N2O/c1-13(2)12-15-7-9-16(10-8-15)14(3)19-11-5-4-6-17(18)20/h7-10,13-14,19H,4-6,11-12H2,1-3H3,(H2,18,20). The normalized spacial score (nSPS) is 12.6. The summed E-state index contributed by atoms with van der Waals surface area (Å²) < 4.78 is 0. The first-order chi connectivity index (χ1) is 9.49. The Morgan fingerprint density at radius 2 is 1.80 bits per heavy atom. The fourth-order valence-corrected chi connectivity index (χ4v) is 2.27. The Kier molecular flexibility index (Phi) is 7.31. The van der Waals surface area contributed by atoms with Gasteiger partial charge in [-0.05, 0) is 49.8 Å². The summed E-state index contributed by atoms with van der Waals surface area (Å²) in [6.07, 6.45) is 3.47. The summed E-state index contributed by atoms with van der Waals surface area (Å²) in [5.74, 6) is 0.487. The number of carbonyl (C=O) groups is 1. The predicted molar refractivity (Wildman–Crippen MR) is 84.4 cm³/mol. The minimum Gasteiger partial charge on any atom is -0.370 e. The van der Waals surface area contributed by atoms with Gasteiger partial charge in [-0.3, -0.25) is 4.79 Å². The molecule has 1 aromatic carbocycles. The third-order valence-electron chi connectivity index (χ3n) is 3.42. The number of nitrogens with two attached hydrogens (primary N) is 1. The van der Waals surface area contributed by atoms with E-state index in [2.05, 4.69) is 50.4 Å². The second kappa shape index (κ2) is 8.75. The van der Waals surface area contributed by atoms with E-state index in [0.717, 1.165) is 25.8 Å². The van der Waals surface area contributed by atoms with Crippen LogP contribution in [-0.2, 0) is 11.2 Å². The maximum Gasteiger partial charge on any atom is 0.217 e. The first-order valence-corrected chi connectivity index (χ1v) is 7.59. The zero-order valence-corrected chi connectivity index (χ0v) is 13.0. The number of hydrogen-bond acceptors (Lipinski definition) is 2. The van der Waals surface area contributed by atoms with Gasteiger partial charge >= 0.3 is 0 Å². The highest BCUT2D eigenvalue weighted by atomic mass is 16.1. The average Bonchev–Trinajstić information content (AvgIpc) is 2.38. The summed E-state index contributed by atoms with van der Waals surface area (Å²) >= 11 is 0. The molecule has 0 aliphatic heterocycles. The third kappa shape index (κ3) is 6.71. The van der Waals surface area contributed by atoms with E-state index in [9.17, 15) is 4.79 Å². The van der Waals surface area contributed by atoms with Gasteiger partial charge in [-0.2, -0.15) is 0 Å². The van der Waals surface area contributed by atoms with E-state index in [1.165, 1.54) is 11.1 Å². The molecule has 0 aromatic heterocycles. The van der Waals surface area contributed by atoms with Gasteiger partial charge in [0, 0.05) is 12.5 Å². The number of primary amides is 1. The molecule has 1 amide bonds. The Hall–Kier alpha value is -1.35. The quantitative estimate of drug-likeness (QED) is 0.681. The van der Waals surface area contributed by atoms with Crippen LogP contribution in [0, 0.1) is 5.92 Å². The lowest BCUT2D eigenvalue weighted by atomic mass is 10.00. The molecule has 1 unspecified atom stereocenters. The highest BCUT2D eigenvalue weighted by Gasteiger charge is 2.05. The van der Waals surface area contributed by atoms with Crippen molar-refractivity contribution < 1.29 is 4.79 Å². The molecule has 0 aliphatic carbocycles. The fourth-order valence-electron chi connectivity index (χ4n) is 2.27. The molecule has 3 N–H and O–H groups in total. The van der Waals surface area contributed by atoms with Crippen molar-refractivity contribution in [3.05, 3.63) is 35.4 Å². The Balaban J connectivity index is 2.32. The number of hydrogen-bond donors (Lipinski definition) is 2.